The van der Waals surface area contributed by atoms with E-state index in [1.807, 2.05) is 0 Å². The second kappa shape index (κ2) is 68.1. The van der Waals surface area contributed by atoms with Gasteiger partial charge in [-0.25, -0.2) is 0 Å². The van der Waals surface area contributed by atoms with Crippen molar-refractivity contribution >= 4 is 17.9 Å². The summed E-state index contributed by atoms with van der Waals surface area (Å²) in [5.41, 5.74) is 0. The second-order valence-electron chi connectivity index (χ2n) is 23.1. The van der Waals surface area contributed by atoms with Crippen molar-refractivity contribution in [2.45, 2.75) is 354 Å². The highest BCUT2D eigenvalue weighted by molar-refractivity contribution is 5.71. The maximum Gasteiger partial charge on any atom is 0.306 e. The molecule has 0 aromatic rings. The Hall–Kier alpha value is -3.41. The SMILES string of the molecule is CC/C=C\C/C=C\C/C=C\C/C=C\C/C=C\CCCCCCCCCC(=O)OC(COC(=O)CCCCCCC/C=C\C/C=C\CCC)COC(=O)CCCCCCCCCCCCCCCCCCCCCCCCCCCC. The fourth-order valence-corrected chi connectivity index (χ4v) is 9.98. The number of hydrogen-bond donors (Lipinski definition) is 0. The van der Waals surface area contributed by atoms with E-state index in [2.05, 4.69) is 106 Å². The van der Waals surface area contributed by atoms with Crippen molar-refractivity contribution in [2.24, 2.45) is 0 Å². The van der Waals surface area contributed by atoms with Crippen LogP contribution in [0.1, 0.15) is 348 Å². The Labute approximate surface area is 496 Å². The van der Waals surface area contributed by atoms with E-state index < -0.39 is 6.10 Å². The average Bonchev–Trinajstić information content (AvgIpc) is 3.46. The van der Waals surface area contributed by atoms with Crippen LogP contribution in [0, 0.1) is 0 Å². The van der Waals surface area contributed by atoms with Gasteiger partial charge in [0.05, 0.1) is 0 Å². The molecule has 0 aromatic heterocycles. The van der Waals surface area contributed by atoms with Crippen molar-refractivity contribution in [3.63, 3.8) is 0 Å². The highest BCUT2D eigenvalue weighted by Gasteiger charge is 2.19. The minimum absolute atomic E-state index is 0.0829. The van der Waals surface area contributed by atoms with E-state index in [1.54, 1.807) is 0 Å². The summed E-state index contributed by atoms with van der Waals surface area (Å²) in [6.07, 6.45) is 90.4. The summed E-state index contributed by atoms with van der Waals surface area (Å²) in [6.45, 7) is 6.49. The van der Waals surface area contributed by atoms with E-state index in [4.69, 9.17) is 14.2 Å². The molecular weight excluding hydrogens is 985 g/mol. The Morgan fingerprint density at radius 3 is 0.812 bits per heavy atom. The number of esters is 3. The largest absolute Gasteiger partial charge is 0.462 e. The van der Waals surface area contributed by atoms with Gasteiger partial charge in [0.2, 0.25) is 0 Å². The molecule has 0 heterocycles. The minimum atomic E-state index is -0.789. The predicted octanol–water partition coefficient (Wildman–Crippen LogP) is 23.8. The lowest BCUT2D eigenvalue weighted by Crippen LogP contribution is -2.30. The van der Waals surface area contributed by atoms with Crippen LogP contribution >= 0.6 is 0 Å². The van der Waals surface area contributed by atoms with Crippen molar-refractivity contribution in [3.8, 4) is 0 Å². The number of rotatable bonds is 63. The molecule has 6 nitrogen and oxygen atoms in total. The summed E-state index contributed by atoms with van der Waals surface area (Å²) >= 11 is 0. The summed E-state index contributed by atoms with van der Waals surface area (Å²) in [5.74, 6) is -0.892. The first-order chi connectivity index (χ1) is 39.5. The molecule has 0 radical (unpaired) electrons. The predicted molar refractivity (Wildman–Crippen MR) is 348 cm³/mol. The van der Waals surface area contributed by atoms with Gasteiger partial charge in [-0.1, -0.05) is 324 Å². The van der Waals surface area contributed by atoms with Crippen molar-refractivity contribution < 1.29 is 28.6 Å². The van der Waals surface area contributed by atoms with Gasteiger partial charge in [0.1, 0.15) is 13.2 Å². The van der Waals surface area contributed by atoms with Gasteiger partial charge in [0.15, 0.2) is 6.10 Å². The smallest absolute Gasteiger partial charge is 0.306 e. The average molecular weight is 1120 g/mol. The number of unbranched alkanes of at least 4 members (excludes halogenated alkanes) is 38. The Balaban J connectivity index is 4.28. The first kappa shape index (κ1) is 76.6. The summed E-state index contributed by atoms with van der Waals surface area (Å²) < 4.78 is 17.0. The maximum atomic E-state index is 12.9. The maximum absolute atomic E-state index is 12.9. The quantitative estimate of drug-likeness (QED) is 0.0261. The third-order valence-electron chi connectivity index (χ3n) is 15.1. The zero-order chi connectivity index (χ0) is 57.8. The van der Waals surface area contributed by atoms with Crippen LogP contribution in [0.5, 0.6) is 0 Å². The third kappa shape index (κ3) is 65.4. The number of carbonyl (C=O) groups excluding carboxylic acids is 3. The van der Waals surface area contributed by atoms with E-state index in [0.717, 1.165) is 128 Å². The molecule has 80 heavy (non-hydrogen) atoms. The van der Waals surface area contributed by atoms with Gasteiger partial charge in [-0.2, -0.15) is 0 Å². The van der Waals surface area contributed by atoms with Crippen LogP contribution in [0.3, 0.4) is 0 Å². The standard InChI is InChI=1S/C74H130O6/c1-4-7-10-13-16-19-22-25-27-29-31-33-35-36-37-39-40-42-44-46-49-52-55-58-61-64-67-73(76)79-70-71(69-78-72(75)66-63-60-57-54-51-48-24-21-18-15-12-9-6-3)80-74(77)68-65-62-59-56-53-50-47-45-43-41-38-34-32-30-28-26-23-20-17-14-11-8-5-2/h8,11-12,15,17,20-21,24,26,28,32,34,41,43,71H,4-7,9-10,13-14,16,18-19,22-23,25,27,29-31,33,35-40,42,44-70H2,1-3H3/b11-8-,15-12-,20-17-,24-21-,28-26-,34-32-,43-41-. The zero-order valence-corrected chi connectivity index (χ0v) is 53.1. The number of ether oxygens (including phenoxy) is 3. The van der Waals surface area contributed by atoms with Gasteiger partial charge in [-0.15, -0.1) is 0 Å². The molecule has 0 aliphatic carbocycles. The summed E-state index contributed by atoms with van der Waals surface area (Å²) in [7, 11) is 0. The van der Waals surface area contributed by atoms with Crippen LogP contribution in [-0.2, 0) is 28.6 Å². The van der Waals surface area contributed by atoms with E-state index >= 15 is 0 Å². The van der Waals surface area contributed by atoms with Crippen LogP contribution < -0.4 is 0 Å². The normalized spacial score (nSPS) is 12.6. The lowest BCUT2D eigenvalue weighted by atomic mass is 10.0. The van der Waals surface area contributed by atoms with E-state index in [9.17, 15) is 14.4 Å². The van der Waals surface area contributed by atoms with Crippen LogP contribution in [-0.4, -0.2) is 37.2 Å². The molecule has 0 aromatic carbocycles. The van der Waals surface area contributed by atoms with E-state index in [0.29, 0.717) is 19.3 Å². The Morgan fingerprint density at radius 2 is 0.512 bits per heavy atom. The molecule has 0 N–H and O–H groups in total. The van der Waals surface area contributed by atoms with E-state index in [-0.39, 0.29) is 31.1 Å². The van der Waals surface area contributed by atoms with Gasteiger partial charge in [0.25, 0.3) is 0 Å². The molecule has 0 saturated heterocycles. The highest BCUT2D eigenvalue weighted by Crippen LogP contribution is 2.18. The van der Waals surface area contributed by atoms with Gasteiger partial charge >= 0.3 is 17.9 Å². The Morgan fingerprint density at radius 1 is 0.263 bits per heavy atom. The molecule has 1 unspecified atom stereocenters. The van der Waals surface area contributed by atoms with Crippen LogP contribution in [0.2, 0.25) is 0 Å². The van der Waals surface area contributed by atoms with Gasteiger partial charge in [-0.05, 0) is 89.9 Å². The number of carbonyl (C=O) groups is 3. The number of hydrogen-bond acceptors (Lipinski definition) is 6. The highest BCUT2D eigenvalue weighted by atomic mass is 16.6. The van der Waals surface area contributed by atoms with Gasteiger partial charge < -0.3 is 14.2 Å². The zero-order valence-electron chi connectivity index (χ0n) is 53.1. The van der Waals surface area contributed by atoms with Crippen molar-refractivity contribution in [2.75, 3.05) is 13.2 Å². The minimum Gasteiger partial charge on any atom is -0.462 e. The number of allylic oxidation sites excluding steroid dienone is 14. The van der Waals surface area contributed by atoms with Crippen LogP contribution in [0.25, 0.3) is 0 Å². The summed E-state index contributed by atoms with van der Waals surface area (Å²) in [6, 6.07) is 0. The lowest BCUT2D eigenvalue weighted by molar-refractivity contribution is -0.167. The second-order valence-corrected chi connectivity index (χ2v) is 23.1. The first-order valence-corrected chi connectivity index (χ1v) is 34.6. The fraction of sp³-hybridized carbons (Fsp3) is 0.770. The lowest BCUT2D eigenvalue weighted by Gasteiger charge is -2.18. The van der Waals surface area contributed by atoms with Crippen molar-refractivity contribution in [1.29, 1.82) is 0 Å². The summed E-state index contributed by atoms with van der Waals surface area (Å²) in [5, 5.41) is 0. The molecule has 0 fully saturated rings. The molecular formula is C74H130O6. The van der Waals surface area contributed by atoms with E-state index in [1.165, 1.54) is 180 Å². The Bertz CT molecular complexity index is 1520. The molecule has 0 amide bonds. The molecule has 462 valence electrons. The molecule has 0 rings (SSSR count). The molecule has 0 aliphatic heterocycles. The van der Waals surface area contributed by atoms with Crippen LogP contribution in [0.4, 0.5) is 0 Å². The fourth-order valence-electron chi connectivity index (χ4n) is 9.98. The van der Waals surface area contributed by atoms with Crippen molar-refractivity contribution in [1.82, 2.24) is 0 Å². The molecule has 0 spiro atoms. The van der Waals surface area contributed by atoms with Gasteiger partial charge in [0, 0.05) is 19.3 Å². The Kier molecular flexibility index (Phi) is 65.2. The van der Waals surface area contributed by atoms with Gasteiger partial charge in [-0.3, -0.25) is 14.4 Å². The summed E-state index contributed by atoms with van der Waals surface area (Å²) in [4.78, 5) is 38.4. The monoisotopic (exact) mass is 1110 g/mol. The van der Waals surface area contributed by atoms with Crippen molar-refractivity contribution in [3.05, 3.63) is 85.1 Å². The molecule has 6 heteroatoms. The van der Waals surface area contributed by atoms with Crippen LogP contribution in [0.15, 0.2) is 85.1 Å². The third-order valence-corrected chi connectivity index (χ3v) is 15.1. The molecule has 0 saturated carbocycles. The molecule has 1 atom stereocenters. The first-order valence-electron chi connectivity index (χ1n) is 34.6. The molecule has 0 aliphatic rings. The topological polar surface area (TPSA) is 78.9 Å². The molecule has 0 bridgehead atoms.